The maximum Gasteiger partial charge on any atom is 0.322 e. The van der Waals surface area contributed by atoms with Crippen LogP contribution in [0, 0.1) is 11.6 Å². The summed E-state index contributed by atoms with van der Waals surface area (Å²) in [6.07, 6.45) is 0.0210. The van der Waals surface area contributed by atoms with Crippen molar-refractivity contribution in [3.05, 3.63) is 35.4 Å². The lowest BCUT2D eigenvalue weighted by molar-refractivity contribution is -0.124. The zero-order valence-corrected chi connectivity index (χ0v) is 9.30. The first kappa shape index (κ1) is 12.4. The van der Waals surface area contributed by atoms with Crippen molar-refractivity contribution in [1.29, 1.82) is 0 Å². The van der Waals surface area contributed by atoms with E-state index in [0.29, 0.717) is 6.07 Å². The summed E-state index contributed by atoms with van der Waals surface area (Å²) in [5.41, 5.74) is 3.73. The van der Waals surface area contributed by atoms with E-state index in [1.54, 1.807) is 0 Å². The minimum absolute atomic E-state index is 0.0210. The lowest BCUT2D eigenvalue weighted by Crippen LogP contribution is -2.46. The fraction of sp³-hybridized carbons (Fsp3) is 0.273. The maximum absolute atomic E-state index is 13.8. The van der Waals surface area contributed by atoms with Crippen LogP contribution in [0.2, 0.25) is 0 Å². The molecule has 4 N–H and O–H groups in total. The fourth-order valence-corrected chi connectivity index (χ4v) is 2.04. The Balaban J connectivity index is 2.54. The highest BCUT2D eigenvalue weighted by atomic mass is 19.1. The first-order valence-electron chi connectivity index (χ1n) is 5.29. The predicted molar refractivity (Wildman–Crippen MR) is 58.4 cm³/mol. The Morgan fingerprint density at radius 3 is 2.50 bits per heavy atom. The van der Waals surface area contributed by atoms with Crippen molar-refractivity contribution in [1.82, 2.24) is 10.6 Å². The largest absolute Gasteiger partial charge is 0.330 e. The summed E-state index contributed by atoms with van der Waals surface area (Å²) in [5.74, 6) is -2.35. The van der Waals surface area contributed by atoms with Gasteiger partial charge in [-0.25, -0.2) is 13.6 Å². The maximum atomic E-state index is 13.8. The first-order chi connectivity index (χ1) is 8.49. The molecule has 2 rings (SSSR count). The molecule has 0 aliphatic carbocycles. The molecule has 1 aliphatic rings. The first-order valence-corrected chi connectivity index (χ1v) is 5.29. The van der Waals surface area contributed by atoms with E-state index in [0.717, 1.165) is 12.1 Å². The van der Waals surface area contributed by atoms with Gasteiger partial charge in [0, 0.05) is 11.6 Å². The van der Waals surface area contributed by atoms with Crippen LogP contribution in [0.1, 0.15) is 12.0 Å². The number of amides is 3. The Labute approximate surface area is 101 Å². The van der Waals surface area contributed by atoms with Crippen LogP contribution < -0.4 is 16.4 Å². The summed E-state index contributed by atoms with van der Waals surface area (Å²) in [5, 5.41) is 4.38. The molecule has 3 amide bonds. The van der Waals surface area contributed by atoms with E-state index in [-0.39, 0.29) is 18.5 Å². The molecule has 18 heavy (non-hydrogen) atoms. The van der Waals surface area contributed by atoms with E-state index in [1.165, 1.54) is 0 Å². The molecule has 96 valence electrons. The van der Waals surface area contributed by atoms with Crippen molar-refractivity contribution in [3.8, 4) is 0 Å². The molecule has 1 fully saturated rings. The van der Waals surface area contributed by atoms with E-state index in [1.807, 2.05) is 5.32 Å². The lowest BCUT2D eigenvalue weighted by atomic mass is 9.86. The number of carbonyl (C=O) groups excluding carboxylic acids is 2. The summed E-state index contributed by atoms with van der Waals surface area (Å²) >= 11 is 0. The second-order valence-corrected chi connectivity index (χ2v) is 3.98. The summed E-state index contributed by atoms with van der Waals surface area (Å²) in [6.45, 7) is 0.0600. The van der Waals surface area contributed by atoms with Gasteiger partial charge in [0.2, 0.25) is 0 Å². The standard InChI is InChI=1S/C11H11F2N3O2/c12-6-1-2-7(8(13)5-6)11(3-4-14)9(17)15-10(18)16-11/h1-2,5H,3-4,14H2,(H2,15,16,17,18). The molecule has 7 heteroatoms. The third-order valence-corrected chi connectivity index (χ3v) is 2.85. The number of hydrogen-bond donors (Lipinski definition) is 3. The molecule has 1 unspecified atom stereocenters. The smallest absolute Gasteiger partial charge is 0.322 e. The molecule has 1 aromatic carbocycles. The van der Waals surface area contributed by atoms with Crippen molar-refractivity contribution in [2.75, 3.05) is 6.54 Å². The van der Waals surface area contributed by atoms with Crippen molar-refractivity contribution in [2.24, 2.45) is 5.73 Å². The number of urea groups is 1. The van der Waals surface area contributed by atoms with Crippen LogP contribution in [-0.2, 0) is 10.3 Å². The van der Waals surface area contributed by atoms with Gasteiger partial charge >= 0.3 is 6.03 Å². The Kier molecular flexibility index (Phi) is 3.00. The number of nitrogens with two attached hydrogens (primary N) is 1. The van der Waals surface area contributed by atoms with Crippen molar-refractivity contribution in [2.45, 2.75) is 12.0 Å². The molecule has 5 nitrogen and oxygen atoms in total. The Morgan fingerprint density at radius 1 is 1.28 bits per heavy atom. The monoisotopic (exact) mass is 255 g/mol. The molecule has 1 aromatic rings. The topological polar surface area (TPSA) is 84.2 Å². The summed E-state index contributed by atoms with van der Waals surface area (Å²) in [6, 6.07) is 2.09. The molecule has 1 saturated heterocycles. The quantitative estimate of drug-likeness (QED) is 0.681. The van der Waals surface area contributed by atoms with E-state index in [2.05, 4.69) is 5.32 Å². The zero-order chi connectivity index (χ0) is 13.3. The number of halogens is 2. The summed E-state index contributed by atoms with van der Waals surface area (Å²) in [4.78, 5) is 23.0. The minimum atomic E-state index is -1.57. The predicted octanol–water partition coefficient (Wildman–Crippen LogP) is 0.348. The minimum Gasteiger partial charge on any atom is -0.330 e. The van der Waals surface area contributed by atoms with Crippen molar-refractivity contribution < 1.29 is 18.4 Å². The van der Waals surface area contributed by atoms with Gasteiger partial charge in [-0.3, -0.25) is 10.1 Å². The van der Waals surface area contributed by atoms with Gasteiger partial charge in [-0.1, -0.05) is 6.07 Å². The summed E-state index contributed by atoms with van der Waals surface area (Å²) < 4.78 is 26.6. The van der Waals surface area contributed by atoms with Gasteiger partial charge < -0.3 is 11.1 Å². The second-order valence-electron chi connectivity index (χ2n) is 3.98. The van der Waals surface area contributed by atoms with E-state index >= 15 is 0 Å². The van der Waals surface area contributed by atoms with Gasteiger partial charge in [-0.2, -0.15) is 0 Å². The molecule has 1 atom stereocenters. The van der Waals surface area contributed by atoms with Crippen LogP contribution in [0.4, 0.5) is 13.6 Å². The van der Waals surface area contributed by atoms with Gasteiger partial charge in [0.05, 0.1) is 0 Å². The highest BCUT2D eigenvalue weighted by molar-refractivity contribution is 6.07. The van der Waals surface area contributed by atoms with Crippen LogP contribution in [-0.4, -0.2) is 18.5 Å². The molecule has 0 spiro atoms. The van der Waals surface area contributed by atoms with Crippen molar-refractivity contribution in [3.63, 3.8) is 0 Å². The van der Waals surface area contributed by atoms with Gasteiger partial charge in [-0.05, 0) is 19.0 Å². The molecule has 0 saturated carbocycles. The molecule has 1 heterocycles. The highest BCUT2D eigenvalue weighted by Gasteiger charge is 2.48. The molecule has 1 aliphatic heterocycles. The highest BCUT2D eigenvalue weighted by Crippen LogP contribution is 2.30. The number of carbonyl (C=O) groups is 2. The van der Waals surface area contributed by atoms with Crippen LogP contribution >= 0.6 is 0 Å². The van der Waals surface area contributed by atoms with Crippen LogP contribution in [0.5, 0.6) is 0 Å². The number of rotatable bonds is 3. The number of hydrogen-bond acceptors (Lipinski definition) is 3. The Morgan fingerprint density at radius 2 is 2.00 bits per heavy atom. The van der Waals surface area contributed by atoms with Crippen molar-refractivity contribution >= 4 is 11.9 Å². The third-order valence-electron chi connectivity index (χ3n) is 2.85. The average Bonchev–Trinajstić information content (AvgIpc) is 2.54. The number of benzene rings is 1. The van der Waals surface area contributed by atoms with E-state index in [9.17, 15) is 18.4 Å². The molecule has 0 radical (unpaired) electrons. The Hall–Kier alpha value is -2.02. The van der Waals surface area contributed by atoms with Gasteiger partial charge in [0.15, 0.2) is 5.54 Å². The second kappa shape index (κ2) is 4.34. The number of nitrogens with one attached hydrogen (secondary N) is 2. The zero-order valence-electron chi connectivity index (χ0n) is 9.30. The van der Waals surface area contributed by atoms with Crippen LogP contribution in [0.25, 0.3) is 0 Å². The normalized spacial score (nSPS) is 22.8. The van der Waals surface area contributed by atoms with Gasteiger partial charge in [0.1, 0.15) is 11.6 Å². The molecule has 0 aromatic heterocycles. The van der Waals surface area contributed by atoms with Gasteiger partial charge in [-0.15, -0.1) is 0 Å². The van der Waals surface area contributed by atoms with E-state index < -0.39 is 29.1 Å². The lowest BCUT2D eigenvalue weighted by Gasteiger charge is -2.26. The van der Waals surface area contributed by atoms with Gasteiger partial charge in [0.25, 0.3) is 5.91 Å². The average molecular weight is 255 g/mol. The van der Waals surface area contributed by atoms with E-state index in [4.69, 9.17) is 5.73 Å². The SMILES string of the molecule is NCCC1(c2ccc(F)cc2F)NC(=O)NC1=O. The third kappa shape index (κ3) is 1.82. The van der Waals surface area contributed by atoms with Crippen LogP contribution in [0.3, 0.4) is 0 Å². The summed E-state index contributed by atoms with van der Waals surface area (Å²) in [7, 11) is 0. The molecule has 0 bridgehead atoms. The molecular weight excluding hydrogens is 244 g/mol. The Bertz CT molecular complexity index is 521. The fourth-order valence-electron chi connectivity index (χ4n) is 2.04. The van der Waals surface area contributed by atoms with Crippen LogP contribution in [0.15, 0.2) is 18.2 Å². The molecular formula is C11H11F2N3O2. The number of imide groups is 1.